The highest BCUT2D eigenvalue weighted by atomic mass is 35.7. The van der Waals surface area contributed by atoms with Crippen molar-refractivity contribution in [2.45, 2.75) is 24.7 Å². The predicted octanol–water partition coefficient (Wildman–Crippen LogP) is 2.88. The fourth-order valence-corrected chi connectivity index (χ4v) is 2.42. The van der Waals surface area contributed by atoms with Crippen molar-refractivity contribution in [1.29, 1.82) is 0 Å². The van der Waals surface area contributed by atoms with E-state index in [0.29, 0.717) is 5.56 Å². The summed E-state index contributed by atoms with van der Waals surface area (Å²) in [6.45, 7) is 3.56. The van der Waals surface area contributed by atoms with Crippen LogP contribution in [-0.4, -0.2) is 8.42 Å². The van der Waals surface area contributed by atoms with Crippen molar-refractivity contribution in [3.63, 3.8) is 0 Å². The SMILES string of the molecule is CC(C)c1cc(F)ccc1S(=O)(=O)Cl. The smallest absolute Gasteiger partial charge is 0.207 e. The quantitative estimate of drug-likeness (QED) is 0.740. The zero-order valence-electron chi connectivity index (χ0n) is 7.79. The van der Waals surface area contributed by atoms with Gasteiger partial charge in [-0.05, 0) is 29.7 Å². The van der Waals surface area contributed by atoms with Crippen molar-refractivity contribution in [2.75, 3.05) is 0 Å². The summed E-state index contributed by atoms with van der Waals surface area (Å²) in [6, 6.07) is 3.47. The molecular weight excluding hydrogens is 227 g/mol. The molecule has 14 heavy (non-hydrogen) atoms. The normalized spacial score (nSPS) is 12.1. The van der Waals surface area contributed by atoms with Crippen LogP contribution in [0.2, 0.25) is 0 Å². The van der Waals surface area contributed by atoms with Crippen LogP contribution in [0.15, 0.2) is 23.1 Å². The Balaban J connectivity index is 3.45. The molecule has 5 heteroatoms. The van der Waals surface area contributed by atoms with E-state index in [-0.39, 0.29) is 10.8 Å². The molecule has 0 unspecified atom stereocenters. The Labute approximate surface area is 87.1 Å². The lowest BCUT2D eigenvalue weighted by molar-refractivity contribution is 0.602. The molecule has 0 spiro atoms. The van der Waals surface area contributed by atoms with Gasteiger partial charge in [0, 0.05) is 10.7 Å². The topological polar surface area (TPSA) is 34.1 Å². The summed E-state index contributed by atoms with van der Waals surface area (Å²) in [4.78, 5) is -0.0180. The van der Waals surface area contributed by atoms with Crippen molar-refractivity contribution < 1.29 is 12.8 Å². The van der Waals surface area contributed by atoms with Crippen molar-refractivity contribution in [2.24, 2.45) is 0 Å². The molecule has 1 rings (SSSR count). The summed E-state index contributed by atoms with van der Waals surface area (Å²) in [5.41, 5.74) is 0.403. The van der Waals surface area contributed by atoms with Crippen LogP contribution in [0.3, 0.4) is 0 Å². The van der Waals surface area contributed by atoms with Crippen molar-refractivity contribution in [3.05, 3.63) is 29.6 Å². The molecule has 0 heterocycles. The van der Waals surface area contributed by atoms with Gasteiger partial charge in [0.05, 0.1) is 4.90 Å². The second-order valence-corrected chi connectivity index (χ2v) is 5.81. The molecule has 0 fully saturated rings. The minimum atomic E-state index is -3.79. The summed E-state index contributed by atoms with van der Waals surface area (Å²) in [5.74, 6) is -0.549. The predicted molar refractivity (Wildman–Crippen MR) is 53.5 cm³/mol. The summed E-state index contributed by atoms with van der Waals surface area (Å²) in [5, 5.41) is 0. The first-order chi connectivity index (χ1) is 6.32. The van der Waals surface area contributed by atoms with Crippen LogP contribution in [0.4, 0.5) is 4.39 Å². The van der Waals surface area contributed by atoms with E-state index in [2.05, 4.69) is 0 Å². The number of hydrogen-bond acceptors (Lipinski definition) is 2. The number of rotatable bonds is 2. The average Bonchev–Trinajstić information content (AvgIpc) is 2.01. The molecule has 1 aromatic rings. The first-order valence-corrected chi connectivity index (χ1v) is 6.37. The van der Waals surface area contributed by atoms with Gasteiger partial charge in [0.25, 0.3) is 9.05 Å². The van der Waals surface area contributed by atoms with E-state index in [9.17, 15) is 12.8 Å². The zero-order valence-corrected chi connectivity index (χ0v) is 9.36. The van der Waals surface area contributed by atoms with Crippen molar-refractivity contribution in [1.82, 2.24) is 0 Å². The third-order valence-electron chi connectivity index (χ3n) is 1.86. The van der Waals surface area contributed by atoms with Crippen LogP contribution >= 0.6 is 10.7 Å². The molecule has 0 N–H and O–H groups in total. The molecule has 0 saturated heterocycles. The fourth-order valence-electron chi connectivity index (χ4n) is 1.19. The first-order valence-electron chi connectivity index (χ1n) is 4.06. The Hall–Kier alpha value is -0.610. The molecule has 0 aromatic heterocycles. The standard InChI is InChI=1S/C9H10ClFO2S/c1-6(2)8-5-7(11)3-4-9(8)14(10,12)13/h3-6H,1-2H3. The van der Waals surface area contributed by atoms with Gasteiger partial charge in [-0.2, -0.15) is 0 Å². The molecule has 0 aliphatic rings. The van der Waals surface area contributed by atoms with Crippen LogP contribution in [0.1, 0.15) is 25.3 Å². The lowest BCUT2D eigenvalue weighted by Gasteiger charge is -2.09. The lowest BCUT2D eigenvalue weighted by atomic mass is 10.0. The summed E-state index contributed by atoms with van der Waals surface area (Å²) in [7, 11) is 1.42. The maximum absolute atomic E-state index is 12.9. The van der Waals surface area contributed by atoms with Crippen molar-refractivity contribution >= 4 is 19.7 Å². The average molecular weight is 237 g/mol. The lowest BCUT2D eigenvalue weighted by Crippen LogP contribution is -2.00. The van der Waals surface area contributed by atoms with Crippen LogP contribution in [0.5, 0.6) is 0 Å². The number of hydrogen-bond donors (Lipinski definition) is 0. The van der Waals surface area contributed by atoms with E-state index < -0.39 is 14.9 Å². The first kappa shape index (κ1) is 11.5. The van der Waals surface area contributed by atoms with E-state index in [0.717, 1.165) is 6.07 Å². The Morgan fingerprint density at radius 3 is 2.36 bits per heavy atom. The van der Waals surface area contributed by atoms with Gasteiger partial charge in [-0.1, -0.05) is 13.8 Å². The summed E-state index contributed by atoms with van der Waals surface area (Å²) in [6.07, 6.45) is 0. The molecule has 0 saturated carbocycles. The van der Waals surface area contributed by atoms with Gasteiger partial charge in [-0.15, -0.1) is 0 Å². The Morgan fingerprint density at radius 1 is 1.36 bits per heavy atom. The second kappa shape index (κ2) is 3.87. The monoisotopic (exact) mass is 236 g/mol. The van der Waals surface area contributed by atoms with E-state index in [1.807, 2.05) is 0 Å². The maximum atomic E-state index is 12.9. The molecule has 1 aromatic carbocycles. The van der Waals surface area contributed by atoms with Gasteiger partial charge in [-0.3, -0.25) is 0 Å². The molecular formula is C9H10ClFO2S. The number of benzene rings is 1. The van der Waals surface area contributed by atoms with Gasteiger partial charge >= 0.3 is 0 Å². The Kier molecular flexibility index (Phi) is 3.17. The van der Waals surface area contributed by atoms with E-state index >= 15 is 0 Å². The van der Waals surface area contributed by atoms with Crippen LogP contribution in [0, 0.1) is 5.82 Å². The molecule has 0 atom stereocenters. The summed E-state index contributed by atoms with van der Waals surface area (Å²) >= 11 is 0. The van der Waals surface area contributed by atoms with Crippen molar-refractivity contribution in [3.8, 4) is 0 Å². The highest BCUT2D eigenvalue weighted by Gasteiger charge is 2.17. The molecule has 78 valence electrons. The van der Waals surface area contributed by atoms with Crippen LogP contribution < -0.4 is 0 Å². The minimum Gasteiger partial charge on any atom is -0.207 e. The highest BCUT2D eigenvalue weighted by Crippen LogP contribution is 2.26. The molecule has 0 aliphatic carbocycles. The molecule has 0 aliphatic heterocycles. The van der Waals surface area contributed by atoms with Gasteiger partial charge in [0.1, 0.15) is 5.82 Å². The van der Waals surface area contributed by atoms with E-state index in [4.69, 9.17) is 10.7 Å². The van der Waals surface area contributed by atoms with Gasteiger partial charge < -0.3 is 0 Å². The minimum absolute atomic E-state index is 0.0180. The third kappa shape index (κ3) is 2.45. The fraction of sp³-hybridized carbons (Fsp3) is 0.333. The van der Waals surface area contributed by atoms with Gasteiger partial charge in [-0.25, -0.2) is 12.8 Å². The van der Waals surface area contributed by atoms with E-state index in [1.54, 1.807) is 13.8 Å². The van der Waals surface area contributed by atoms with Gasteiger partial charge in [0.15, 0.2) is 0 Å². The van der Waals surface area contributed by atoms with E-state index in [1.165, 1.54) is 12.1 Å². The zero-order chi connectivity index (χ0) is 10.9. The highest BCUT2D eigenvalue weighted by molar-refractivity contribution is 8.13. The summed E-state index contributed by atoms with van der Waals surface area (Å²) < 4.78 is 35.1. The second-order valence-electron chi connectivity index (χ2n) is 3.27. The van der Waals surface area contributed by atoms with Gasteiger partial charge in [0.2, 0.25) is 0 Å². The molecule has 0 radical (unpaired) electrons. The molecule has 0 bridgehead atoms. The molecule has 2 nitrogen and oxygen atoms in total. The van der Waals surface area contributed by atoms with Crippen LogP contribution in [-0.2, 0) is 9.05 Å². The third-order valence-corrected chi connectivity index (χ3v) is 3.25. The Bertz CT molecular complexity index is 440. The largest absolute Gasteiger partial charge is 0.261 e. The maximum Gasteiger partial charge on any atom is 0.261 e. The Morgan fingerprint density at radius 2 is 1.93 bits per heavy atom. The number of halogens is 2. The molecule has 0 amide bonds. The van der Waals surface area contributed by atoms with Crippen LogP contribution in [0.25, 0.3) is 0 Å².